The number of carboxylic acids is 1. The second kappa shape index (κ2) is 10.3. The van der Waals surface area contributed by atoms with Gasteiger partial charge < -0.3 is 24.1 Å². The minimum absolute atomic E-state index is 0.0352. The second-order valence-corrected chi connectivity index (χ2v) is 6.55. The molecule has 10 heteroatoms. The first-order valence-electron chi connectivity index (χ1n) is 9.88. The molecule has 0 radical (unpaired) electrons. The predicted octanol–water partition coefficient (Wildman–Crippen LogP) is 2.97. The molecule has 0 aliphatic carbocycles. The van der Waals surface area contributed by atoms with Gasteiger partial charge in [-0.1, -0.05) is 24.3 Å². The number of ether oxygens (including phenoxy) is 4. The van der Waals surface area contributed by atoms with Gasteiger partial charge in [0.2, 0.25) is 0 Å². The van der Waals surface area contributed by atoms with E-state index in [0.29, 0.717) is 5.69 Å². The molecule has 10 nitrogen and oxygen atoms in total. The van der Waals surface area contributed by atoms with E-state index in [2.05, 4.69) is 5.10 Å². The Bertz CT molecular complexity index is 1170. The number of benzene rings is 2. The quantitative estimate of drug-likeness (QED) is 0.486. The summed E-state index contributed by atoms with van der Waals surface area (Å²) in [4.78, 5) is 36.7. The molecule has 0 aliphatic heterocycles. The standard InChI is InChI=1S/C23H22N2O8/c1-4-32-16-12-8-11-15(21(16)33-13-17(26)27)19-18(22(28)30-2)20(23(29)31-3)25(24-19)14-9-6-5-7-10-14/h5-12H,4,13H2,1-3H3,(H,26,27). The van der Waals surface area contributed by atoms with Crippen molar-refractivity contribution in [3.63, 3.8) is 0 Å². The fraction of sp³-hybridized carbons (Fsp3) is 0.217. The molecule has 0 bridgehead atoms. The summed E-state index contributed by atoms with van der Waals surface area (Å²) in [6, 6.07) is 13.5. The van der Waals surface area contributed by atoms with Crippen LogP contribution in [0.25, 0.3) is 16.9 Å². The zero-order valence-electron chi connectivity index (χ0n) is 18.2. The summed E-state index contributed by atoms with van der Waals surface area (Å²) in [7, 11) is 2.36. The van der Waals surface area contributed by atoms with E-state index in [-0.39, 0.29) is 40.6 Å². The number of hydrogen-bond donors (Lipinski definition) is 1. The highest BCUT2D eigenvalue weighted by atomic mass is 16.5. The van der Waals surface area contributed by atoms with E-state index in [1.54, 1.807) is 55.5 Å². The number of nitrogens with zero attached hydrogens (tertiary/aromatic N) is 2. The van der Waals surface area contributed by atoms with E-state index >= 15 is 0 Å². The largest absolute Gasteiger partial charge is 0.490 e. The number of methoxy groups -OCH3 is 2. The van der Waals surface area contributed by atoms with Crippen molar-refractivity contribution >= 4 is 17.9 Å². The van der Waals surface area contributed by atoms with Crippen molar-refractivity contribution in [2.75, 3.05) is 27.4 Å². The lowest BCUT2D eigenvalue weighted by Gasteiger charge is -2.14. The smallest absolute Gasteiger partial charge is 0.357 e. The fourth-order valence-corrected chi connectivity index (χ4v) is 3.20. The lowest BCUT2D eigenvalue weighted by Crippen LogP contribution is -2.15. The molecule has 1 N–H and O–H groups in total. The lowest BCUT2D eigenvalue weighted by atomic mass is 10.0. The number of carbonyl (C=O) groups is 3. The molecule has 3 aromatic rings. The predicted molar refractivity (Wildman–Crippen MR) is 116 cm³/mol. The molecule has 0 atom stereocenters. The Morgan fingerprint density at radius 1 is 0.939 bits per heavy atom. The molecule has 0 amide bonds. The minimum Gasteiger partial charge on any atom is -0.490 e. The van der Waals surface area contributed by atoms with Crippen LogP contribution < -0.4 is 9.47 Å². The van der Waals surface area contributed by atoms with Crippen molar-refractivity contribution in [2.24, 2.45) is 0 Å². The first-order chi connectivity index (χ1) is 15.9. The maximum atomic E-state index is 12.8. The molecule has 0 saturated carbocycles. The number of para-hydroxylation sites is 2. The molecule has 2 aromatic carbocycles. The summed E-state index contributed by atoms with van der Waals surface area (Å²) in [6.45, 7) is 1.38. The van der Waals surface area contributed by atoms with Crippen LogP contribution in [0.2, 0.25) is 0 Å². The van der Waals surface area contributed by atoms with Gasteiger partial charge in [-0.25, -0.2) is 19.1 Å². The van der Waals surface area contributed by atoms with Gasteiger partial charge in [0, 0.05) is 5.56 Å². The molecule has 172 valence electrons. The molecule has 1 aromatic heterocycles. The van der Waals surface area contributed by atoms with E-state index in [1.165, 1.54) is 18.9 Å². The average Bonchev–Trinajstić information content (AvgIpc) is 3.23. The Kier molecular flexibility index (Phi) is 7.29. The maximum absolute atomic E-state index is 12.8. The van der Waals surface area contributed by atoms with Crippen LogP contribution in [0.1, 0.15) is 27.8 Å². The topological polar surface area (TPSA) is 126 Å². The Balaban J connectivity index is 2.36. The minimum atomic E-state index is -1.20. The molecular formula is C23H22N2O8. The summed E-state index contributed by atoms with van der Waals surface area (Å²) in [5.74, 6) is -2.54. The molecule has 0 aliphatic rings. The normalized spacial score (nSPS) is 10.4. The van der Waals surface area contributed by atoms with E-state index in [0.717, 1.165) is 0 Å². The first-order valence-corrected chi connectivity index (χ1v) is 9.88. The van der Waals surface area contributed by atoms with Crippen molar-refractivity contribution in [3.05, 3.63) is 59.8 Å². The molecule has 0 spiro atoms. The summed E-state index contributed by atoms with van der Waals surface area (Å²) in [5, 5.41) is 13.6. The third-order valence-electron chi connectivity index (χ3n) is 4.53. The highest BCUT2D eigenvalue weighted by Gasteiger charge is 2.33. The van der Waals surface area contributed by atoms with Crippen LogP contribution in [-0.4, -0.2) is 60.2 Å². The second-order valence-electron chi connectivity index (χ2n) is 6.55. The fourth-order valence-electron chi connectivity index (χ4n) is 3.20. The SMILES string of the molecule is CCOc1cccc(-c2nn(-c3ccccc3)c(C(=O)OC)c2C(=O)OC)c1OCC(=O)O. The van der Waals surface area contributed by atoms with Crippen LogP contribution in [-0.2, 0) is 14.3 Å². The third kappa shape index (κ3) is 4.79. The number of carboxylic acid groups (broad SMARTS) is 1. The monoisotopic (exact) mass is 454 g/mol. The van der Waals surface area contributed by atoms with Crippen LogP contribution in [0, 0.1) is 0 Å². The molecule has 1 heterocycles. The Hall–Kier alpha value is -4.34. The Labute approximate surface area is 189 Å². The number of rotatable bonds is 9. The molecule has 0 unspecified atom stereocenters. The number of esters is 2. The lowest BCUT2D eigenvalue weighted by molar-refractivity contribution is -0.139. The summed E-state index contributed by atoms with van der Waals surface area (Å²) < 4.78 is 22.2. The summed E-state index contributed by atoms with van der Waals surface area (Å²) in [6.07, 6.45) is 0. The van der Waals surface area contributed by atoms with Crippen molar-refractivity contribution in [1.82, 2.24) is 9.78 Å². The average molecular weight is 454 g/mol. The van der Waals surface area contributed by atoms with Crippen LogP contribution in [0.15, 0.2) is 48.5 Å². The van der Waals surface area contributed by atoms with Gasteiger partial charge in [-0.3, -0.25) is 0 Å². The van der Waals surface area contributed by atoms with Gasteiger partial charge in [0.1, 0.15) is 11.3 Å². The van der Waals surface area contributed by atoms with Gasteiger partial charge in [0.15, 0.2) is 23.8 Å². The summed E-state index contributed by atoms with van der Waals surface area (Å²) in [5.41, 5.74) is 0.442. The summed E-state index contributed by atoms with van der Waals surface area (Å²) >= 11 is 0. The Morgan fingerprint density at radius 2 is 1.64 bits per heavy atom. The van der Waals surface area contributed by atoms with Gasteiger partial charge in [0.05, 0.1) is 26.5 Å². The Morgan fingerprint density at radius 3 is 2.24 bits per heavy atom. The highest BCUT2D eigenvalue weighted by Crippen LogP contribution is 2.40. The van der Waals surface area contributed by atoms with Crippen LogP contribution in [0.3, 0.4) is 0 Å². The van der Waals surface area contributed by atoms with E-state index in [1.807, 2.05) is 0 Å². The number of aromatic nitrogens is 2. The third-order valence-corrected chi connectivity index (χ3v) is 4.53. The number of carbonyl (C=O) groups excluding carboxylic acids is 2. The number of hydrogen-bond acceptors (Lipinski definition) is 8. The first kappa shape index (κ1) is 23.3. The molecule has 33 heavy (non-hydrogen) atoms. The molecule has 3 rings (SSSR count). The van der Waals surface area contributed by atoms with Crippen LogP contribution >= 0.6 is 0 Å². The van der Waals surface area contributed by atoms with E-state index in [4.69, 9.17) is 24.1 Å². The van der Waals surface area contributed by atoms with Crippen molar-refractivity contribution in [3.8, 4) is 28.4 Å². The molecule has 0 fully saturated rings. The van der Waals surface area contributed by atoms with Crippen molar-refractivity contribution in [1.29, 1.82) is 0 Å². The van der Waals surface area contributed by atoms with Crippen molar-refractivity contribution in [2.45, 2.75) is 6.92 Å². The maximum Gasteiger partial charge on any atom is 0.357 e. The molecular weight excluding hydrogens is 432 g/mol. The molecule has 0 saturated heterocycles. The van der Waals surface area contributed by atoms with Crippen LogP contribution in [0.5, 0.6) is 11.5 Å². The highest BCUT2D eigenvalue weighted by molar-refractivity contribution is 6.07. The zero-order valence-corrected chi connectivity index (χ0v) is 18.2. The van der Waals surface area contributed by atoms with E-state index in [9.17, 15) is 14.4 Å². The van der Waals surface area contributed by atoms with Crippen LogP contribution in [0.4, 0.5) is 0 Å². The van der Waals surface area contributed by atoms with E-state index < -0.39 is 24.5 Å². The number of aliphatic carboxylic acids is 1. The van der Waals surface area contributed by atoms with Gasteiger partial charge in [0.25, 0.3) is 0 Å². The van der Waals surface area contributed by atoms with Gasteiger partial charge in [-0.15, -0.1) is 0 Å². The van der Waals surface area contributed by atoms with Gasteiger partial charge >= 0.3 is 17.9 Å². The zero-order chi connectivity index (χ0) is 24.0. The van der Waals surface area contributed by atoms with Gasteiger partial charge in [-0.05, 0) is 31.2 Å². The van der Waals surface area contributed by atoms with Crippen molar-refractivity contribution < 1.29 is 38.4 Å². The van der Waals surface area contributed by atoms with Gasteiger partial charge in [-0.2, -0.15) is 5.10 Å².